The number of nitrogens with two attached hydrogens (primary N) is 1. The molecule has 1 saturated heterocycles. The maximum Gasteiger partial charge on any atom is 0.387 e. The van der Waals surface area contributed by atoms with E-state index >= 15 is 4.39 Å². The van der Waals surface area contributed by atoms with E-state index in [1.165, 1.54) is 6.20 Å². The van der Waals surface area contributed by atoms with Gasteiger partial charge in [0.25, 0.3) is 5.56 Å². The number of alkyl halides is 1. The van der Waals surface area contributed by atoms with Crippen molar-refractivity contribution >= 4 is 77.4 Å². The highest BCUT2D eigenvalue weighted by Crippen LogP contribution is 2.57. The molecule has 0 radical (unpaired) electrons. The van der Waals surface area contributed by atoms with E-state index in [-0.39, 0.29) is 36.1 Å². The second-order valence-electron chi connectivity index (χ2n) is 8.87. The number of aromatic nitrogens is 7. The molecule has 4 aromatic heterocycles. The summed E-state index contributed by atoms with van der Waals surface area (Å²) in [6.07, 6.45) is -3.96. The first-order valence-corrected chi connectivity index (χ1v) is 17.4. The first-order chi connectivity index (χ1) is 19.4. The minimum Gasteiger partial charge on any atom is -0.369 e. The van der Waals surface area contributed by atoms with E-state index in [9.17, 15) is 14.3 Å². The maximum atomic E-state index is 15.8. The topological polar surface area (TPSA) is 204 Å². The smallest absolute Gasteiger partial charge is 0.369 e. The van der Waals surface area contributed by atoms with Crippen molar-refractivity contribution in [3.8, 4) is 0 Å². The molecule has 6 heterocycles. The number of H-pyrrole nitrogens is 1. The van der Waals surface area contributed by atoms with E-state index in [1.54, 1.807) is 10.6 Å². The summed E-state index contributed by atoms with van der Waals surface area (Å²) in [5.74, 6) is 0.0393. The van der Waals surface area contributed by atoms with Gasteiger partial charge in [0.1, 0.15) is 36.5 Å². The van der Waals surface area contributed by atoms with E-state index in [4.69, 9.17) is 52.0 Å². The van der Waals surface area contributed by atoms with Crippen LogP contribution in [-0.4, -0.2) is 70.5 Å². The van der Waals surface area contributed by atoms with Crippen LogP contribution in [0.1, 0.15) is 12.1 Å². The minimum atomic E-state index is -4.33. The Bertz CT molecular complexity index is 1810. The van der Waals surface area contributed by atoms with Gasteiger partial charge in [-0.1, -0.05) is 23.8 Å². The standard InChI is InChI=1S/C19H20ClFN8O8P2S2/c20-8-3-9-16(23-4-8)28-1-2-33-38(31,40)34-5-10-12(21)14(37-39(32,41)35-6-11(28)25-9)18(36-10)29-7-24-15-13(29)17(30)27-19(22)26-15/h3-4,7,10,12,14,18H,1-2,5-6H2,(H,31,40)(H,32,41)(H3,22,26,27,30)/t10-,12-,14-,18-,38?,39?/m1/s1. The number of anilines is 1. The number of rotatable bonds is 1. The van der Waals surface area contributed by atoms with Crippen LogP contribution >= 0.6 is 37.4 Å². The largest absolute Gasteiger partial charge is 0.387 e. The van der Waals surface area contributed by atoms with Crippen molar-refractivity contribution < 1.29 is 36.7 Å². The van der Waals surface area contributed by atoms with Crippen molar-refractivity contribution in [1.82, 2.24) is 34.1 Å². The predicted molar refractivity (Wildman–Crippen MR) is 149 cm³/mol. The molecule has 2 bridgehead atoms. The number of thiol groups is 1. The molecule has 6 atom stereocenters. The molecule has 4 N–H and O–H groups in total. The molecule has 2 unspecified atom stereocenters. The number of fused-ring (bicyclic) bond motifs is 6. The number of pyridine rings is 1. The van der Waals surface area contributed by atoms with Gasteiger partial charge in [-0.25, -0.2) is 23.9 Å². The van der Waals surface area contributed by atoms with E-state index < -0.39 is 56.9 Å². The van der Waals surface area contributed by atoms with Gasteiger partial charge in [-0.05, 0) is 17.9 Å². The summed E-state index contributed by atoms with van der Waals surface area (Å²) >= 11 is 15.2. The lowest BCUT2D eigenvalue weighted by Crippen LogP contribution is -2.32. The molecule has 22 heteroatoms. The summed E-state index contributed by atoms with van der Waals surface area (Å²) in [7, 11) is 0. The Morgan fingerprint density at radius 1 is 1.29 bits per heavy atom. The molecule has 0 aliphatic carbocycles. The van der Waals surface area contributed by atoms with Crippen molar-refractivity contribution in [1.29, 1.82) is 0 Å². The minimum absolute atomic E-state index is 0.0527. The summed E-state index contributed by atoms with van der Waals surface area (Å²) in [5, 5.41) is 0.329. The SMILES string of the molecule is Nc1nc2ncn([C@@H]3O[C@@H]4COP(O)(=S)OCCn5c(nc6cc(Cl)cnc65)COP(=O)(S)O[C@@H]3[C@@H]4F)c2c(=O)[nH]1. The van der Waals surface area contributed by atoms with Gasteiger partial charge >= 0.3 is 13.5 Å². The Kier molecular flexibility index (Phi) is 7.74. The maximum absolute atomic E-state index is 15.8. The molecule has 0 aromatic carbocycles. The van der Waals surface area contributed by atoms with Crippen LogP contribution in [0.3, 0.4) is 0 Å². The molecule has 1 fully saturated rings. The van der Waals surface area contributed by atoms with Gasteiger partial charge in [0.05, 0.1) is 18.2 Å². The molecule has 2 aliphatic rings. The molecule has 0 spiro atoms. The van der Waals surface area contributed by atoms with Gasteiger partial charge in [0.15, 0.2) is 29.2 Å². The molecule has 6 rings (SSSR count). The van der Waals surface area contributed by atoms with Crippen molar-refractivity contribution in [2.45, 2.75) is 37.8 Å². The van der Waals surface area contributed by atoms with Crippen LogP contribution in [0.4, 0.5) is 10.3 Å². The van der Waals surface area contributed by atoms with Gasteiger partial charge in [0.2, 0.25) is 5.95 Å². The molecular weight excluding hydrogens is 649 g/mol. The lowest BCUT2D eigenvalue weighted by molar-refractivity contribution is -0.0452. The molecular formula is C19H20ClFN8O8P2S2. The second-order valence-corrected chi connectivity index (χ2v) is 15.0. The first kappa shape index (κ1) is 29.1. The highest BCUT2D eigenvalue weighted by Gasteiger charge is 2.51. The van der Waals surface area contributed by atoms with E-state index in [2.05, 4.69) is 37.2 Å². The molecule has 16 nitrogen and oxygen atoms in total. The van der Waals surface area contributed by atoms with Gasteiger partial charge in [-0.15, -0.1) is 0 Å². The zero-order chi connectivity index (χ0) is 29.1. The summed E-state index contributed by atoms with van der Waals surface area (Å²) < 4.78 is 59.6. The lowest BCUT2D eigenvalue weighted by atomic mass is 10.1. The van der Waals surface area contributed by atoms with Crippen molar-refractivity contribution in [2.24, 2.45) is 0 Å². The fraction of sp³-hybridized carbons (Fsp3) is 0.421. The van der Waals surface area contributed by atoms with Crippen LogP contribution in [-0.2, 0) is 52.4 Å². The normalized spacial score (nSPS) is 31.6. The van der Waals surface area contributed by atoms with Gasteiger partial charge in [-0.2, -0.15) is 4.98 Å². The van der Waals surface area contributed by atoms with Crippen molar-refractivity contribution in [3.63, 3.8) is 0 Å². The van der Waals surface area contributed by atoms with Crippen LogP contribution < -0.4 is 11.3 Å². The monoisotopic (exact) mass is 668 g/mol. The van der Waals surface area contributed by atoms with E-state index in [0.29, 0.717) is 16.2 Å². The average molecular weight is 669 g/mol. The number of halogens is 2. The van der Waals surface area contributed by atoms with Crippen LogP contribution in [0.25, 0.3) is 22.3 Å². The zero-order valence-electron chi connectivity index (χ0n) is 20.4. The average Bonchev–Trinajstić information content (AvgIpc) is 3.55. The van der Waals surface area contributed by atoms with Crippen molar-refractivity contribution in [3.05, 3.63) is 39.8 Å². The fourth-order valence-corrected chi connectivity index (χ4v) is 7.13. The predicted octanol–water partition coefficient (Wildman–Crippen LogP) is 2.24. The summed E-state index contributed by atoms with van der Waals surface area (Å²) in [6.45, 7) is -9.26. The summed E-state index contributed by atoms with van der Waals surface area (Å²) in [4.78, 5) is 42.2. The van der Waals surface area contributed by atoms with Gasteiger partial charge in [-0.3, -0.25) is 23.4 Å². The Morgan fingerprint density at radius 3 is 2.90 bits per heavy atom. The zero-order valence-corrected chi connectivity index (χ0v) is 24.7. The Balaban J connectivity index is 1.38. The highest BCUT2D eigenvalue weighted by molar-refractivity contribution is 8.44. The number of nitrogens with zero attached hydrogens (tertiary/aromatic N) is 6. The fourth-order valence-electron chi connectivity index (χ4n) is 4.48. The second kappa shape index (κ2) is 10.9. The number of imidazole rings is 2. The summed E-state index contributed by atoms with van der Waals surface area (Å²) in [6, 6.07) is 1.56. The molecule has 0 saturated carbocycles. The Morgan fingerprint density at radius 2 is 2.10 bits per heavy atom. The highest BCUT2D eigenvalue weighted by atomic mass is 35.5. The number of nitrogens with one attached hydrogen (secondary N) is 1. The third-order valence-electron chi connectivity index (χ3n) is 6.21. The lowest BCUT2D eigenvalue weighted by Gasteiger charge is -2.24. The number of hydrogen-bond donors (Lipinski definition) is 4. The Labute approximate surface area is 244 Å². The Hall–Kier alpha value is -2.02. The molecule has 2 aliphatic heterocycles. The number of hydrogen-bond acceptors (Lipinski definition) is 13. The van der Waals surface area contributed by atoms with Crippen molar-refractivity contribution in [2.75, 3.05) is 18.9 Å². The third kappa shape index (κ3) is 5.81. The molecule has 4 aromatic rings. The van der Waals surface area contributed by atoms with Crippen LogP contribution in [0.15, 0.2) is 23.4 Å². The van der Waals surface area contributed by atoms with E-state index in [1.807, 2.05) is 0 Å². The molecule has 41 heavy (non-hydrogen) atoms. The number of nitrogen functional groups attached to an aromatic ring is 1. The third-order valence-corrected chi connectivity index (χ3v) is 9.63. The molecule has 0 amide bonds. The molecule has 220 valence electrons. The number of aromatic amines is 1. The van der Waals surface area contributed by atoms with Crippen LogP contribution in [0.2, 0.25) is 5.02 Å². The van der Waals surface area contributed by atoms with Gasteiger partial charge in [0, 0.05) is 12.7 Å². The van der Waals surface area contributed by atoms with E-state index in [0.717, 1.165) is 10.9 Å². The van der Waals surface area contributed by atoms with Crippen LogP contribution in [0, 0.1) is 0 Å². The quantitative estimate of drug-likeness (QED) is 0.170. The first-order valence-electron chi connectivity index (χ1n) is 11.7. The van der Waals surface area contributed by atoms with Gasteiger partial charge < -0.3 is 29.0 Å². The summed E-state index contributed by atoms with van der Waals surface area (Å²) in [5.41, 5.74) is 5.52. The van der Waals surface area contributed by atoms with Crippen LogP contribution in [0.5, 0.6) is 0 Å². The number of ether oxygens (including phenoxy) is 1.